The van der Waals surface area contributed by atoms with Crippen molar-refractivity contribution in [3.8, 4) is 11.5 Å². The minimum Gasteiger partial charge on any atom is -0.454 e. The van der Waals surface area contributed by atoms with E-state index in [1.807, 2.05) is 49.4 Å². The van der Waals surface area contributed by atoms with Crippen LogP contribution in [0.1, 0.15) is 30.9 Å². The number of ether oxygens (including phenoxy) is 2. The number of rotatable bonds is 13. The van der Waals surface area contributed by atoms with Gasteiger partial charge in [0.05, 0.1) is 11.9 Å². The second-order valence-electron chi connectivity index (χ2n) is 9.72. The van der Waals surface area contributed by atoms with Crippen molar-refractivity contribution < 1.29 is 27.5 Å². The Morgan fingerprint density at radius 1 is 0.976 bits per heavy atom. The predicted molar refractivity (Wildman–Crippen MR) is 159 cm³/mol. The number of nitrogens with zero attached hydrogens (tertiary/aromatic N) is 2. The van der Waals surface area contributed by atoms with E-state index in [0.717, 1.165) is 17.4 Å². The standard InChI is InChI=1S/C30H34ClN3O6S/c1-3-32-30(36)26(18-22-8-5-4-6-9-22)33(20-23-11-13-24(31)14-12-23)29(35)10-7-17-34(41(2,37)38)25-15-16-27-28(19-25)40-21-39-27/h4-6,8-9,11-16,19,26H,3,7,10,17-18,20-21H2,1-2H3,(H,32,36)/t26-/m1/s1. The third-order valence-corrected chi connectivity index (χ3v) is 8.13. The molecule has 1 atom stereocenters. The van der Waals surface area contributed by atoms with Crippen LogP contribution in [0.4, 0.5) is 5.69 Å². The smallest absolute Gasteiger partial charge is 0.243 e. The van der Waals surface area contributed by atoms with Gasteiger partial charge in [-0.25, -0.2) is 8.42 Å². The normalized spacial score (nSPS) is 13.0. The number of amides is 2. The van der Waals surface area contributed by atoms with Gasteiger partial charge in [0.2, 0.25) is 28.6 Å². The number of carbonyl (C=O) groups is 2. The second kappa shape index (κ2) is 13.7. The van der Waals surface area contributed by atoms with Crippen LogP contribution in [0.2, 0.25) is 5.02 Å². The fourth-order valence-electron chi connectivity index (χ4n) is 4.68. The molecule has 0 saturated carbocycles. The van der Waals surface area contributed by atoms with E-state index in [1.165, 1.54) is 4.31 Å². The van der Waals surface area contributed by atoms with Gasteiger partial charge >= 0.3 is 0 Å². The summed E-state index contributed by atoms with van der Waals surface area (Å²) in [5.74, 6) is 0.500. The molecular formula is C30H34ClN3O6S. The molecule has 1 N–H and O–H groups in total. The van der Waals surface area contributed by atoms with Gasteiger partial charge in [0.25, 0.3) is 0 Å². The van der Waals surface area contributed by atoms with Crippen molar-refractivity contribution in [1.29, 1.82) is 0 Å². The van der Waals surface area contributed by atoms with Crippen LogP contribution in [0.25, 0.3) is 0 Å². The van der Waals surface area contributed by atoms with Gasteiger partial charge in [-0.2, -0.15) is 0 Å². The predicted octanol–water partition coefficient (Wildman–Crippen LogP) is 4.39. The summed E-state index contributed by atoms with van der Waals surface area (Å²) in [6, 6.07) is 20.8. The van der Waals surface area contributed by atoms with Crippen LogP contribution < -0.4 is 19.1 Å². The van der Waals surface area contributed by atoms with Crippen molar-refractivity contribution in [1.82, 2.24) is 10.2 Å². The van der Waals surface area contributed by atoms with Crippen LogP contribution in [0, 0.1) is 0 Å². The molecule has 9 nitrogen and oxygen atoms in total. The van der Waals surface area contributed by atoms with Crippen molar-refractivity contribution in [3.05, 3.63) is 88.9 Å². The number of anilines is 1. The summed E-state index contributed by atoms with van der Waals surface area (Å²) in [6.45, 7) is 2.60. The third kappa shape index (κ3) is 8.14. The van der Waals surface area contributed by atoms with Gasteiger partial charge in [-0.3, -0.25) is 13.9 Å². The zero-order valence-electron chi connectivity index (χ0n) is 23.1. The number of carbonyl (C=O) groups excluding carboxylic acids is 2. The first kappa shape index (κ1) is 30.2. The van der Waals surface area contributed by atoms with Crippen LogP contribution in [0.5, 0.6) is 11.5 Å². The molecule has 0 spiro atoms. The number of hydrogen-bond acceptors (Lipinski definition) is 6. The first-order chi connectivity index (χ1) is 19.7. The molecule has 0 radical (unpaired) electrons. The zero-order chi connectivity index (χ0) is 29.4. The SMILES string of the molecule is CCNC(=O)[C@@H](Cc1ccccc1)N(Cc1ccc(Cl)cc1)C(=O)CCCN(c1ccc2c(c1)OCO2)S(C)(=O)=O. The fraction of sp³-hybridized carbons (Fsp3) is 0.333. The Labute approximate surface area is 246 Å². The van der Waals surface area contributed by atoms with Crippen LogP contribution in [0.3, 0.4) is 0 Å². The topological polar surface area (TPSA) is 105 Å². The van der Waals surface area contributed by atoms with Gasteiger partial charge in [0, 0.05) is 43.6 Å². The number of benzene rings is 3. The molecule has 2 amide bonds. The van der Waals surface area contributed by atoms with Crippen molar-refractivity contribution in [3.63, 3.8) is 0 Å². The number of nitrogens with one attached hydrogen (secondary N) is 1. The maximum absolute atomic E-state index is 13.8. The number of likely N-dealkylation sites (N-methyl/N-ethyl adjacent to an activating group) is 1. The van der Waals surface area contributed by atoms with E-state index in [1.54, 1.807) is 35.2 Å². The first-order valence-electron chi connectivity index (χ1n) is 13.4. The van der Waals surface area contributed by atoms with Crippen LogP contribution in [0.15, 0.2) is 72.8 Å². The summed E-state index contributed by atoms with van der Waals surface area (Å²) < 4.78 is 37.3. The molecule has 3 aromatic rings. The van der Waals surface area contributed by atoms with Gasteiger partial charge in [-0.1, -0.05) is 54.1 Å². The molecule has 0 unspecified atom stereocenters. The summed E-state index contributed by atoms with van der Waals surface area (Å²) in [6.07, 6.45) is 1.73. The molecule has 1 aliphatic rings. The lowest BCUT2D eigenvalue weighted by atomic mass is 10.0. The van der Waals surface area contributed by atoms with Gasteiger partial charge < -0.3 is 19.7 Å². The summed E-state index contributed by atoms with van der Waals surface area (Å²) in [5, 5.41) is 3.44. The molecule has 0 aromatic heterocycles. The van der Waals surface area contributed by atoms with E-state index >= 15 is 0 Å². The van der Waals surface area contributed by atoms with Gasteiger partial charge in [-0.05, 0) is 48.7 Å². The highest BCUT2D eigenvalue weighted by Crippen LogP contribution is 2.36. The minimum absolute atomic E-state index is 0.0366. The highest BCUT2D eigenvalue weighted by atomic mass is 35.5. The Bertz CT molecular complexity index is 1450. The average Bonchev–Trinajstić information content (AvgIpc) is 3.42. The molecule has 0 bridgehead atoms. The second-order valence-corrected chi connectivity index (χ2v) is 12.1. The maximum atomic E-state index is 13.8. The average molecular weight is 600 g/mol. The molecule has 0 fully saturated rings. The third-order valence-electron chi connectivity index (χ3n) is 6.68. The molecule has 41 heavy (non-hydrogen) atoms. The Kier molecular flexibility index (Phi) is 10.1. The molecule has 1 aliphatic heterocycles. The van der Waals surface area contributed by atoms with Crippen molar-refractivity contribution >= 4 is 39.1 Å². The lowest BCUT2D eigenvalue weighted by Gasteiger charge is -2.32. The van der Waals surface area contributed by atoms with Gasteiger partial charge in [0.1, 0.15) is 6.04 Å². The first-order valence-corrected chi connectivity index (χ1v) is 15.6. The molecular weight excluding hydrogens is 566 g/mol. The molecule has 0 saturated heterocycles. The molecule has 0 aliphatic carbocycles. The highest BCUT2D eigenvalue weighted by molar-refractivity contribution is 7.92. The quantitative estimate of drug-likeness (QED) is 0.312. The zero-order valence-corrected chi connectivity index (χ0v) is 24.7. The Balaban J connectivity index is 1.55. The summed E-state index contributed by atoms with van der Waals surface area (Å²) in [7, 11) is -3.65. The molecule has 4 rings (SSSR count). The number of sulfonamides is 1. The Morgan fingerprint density at radius 2 is 1.68 bits per heavy atom. The number of fused-ring (bicyclic) bond motifs is 1. The summed E-state index contributed by atoms with van der Waals surface area (Å²) in [4.78, 5) is 28.7. The van der Waals surface area contributed by atoms with Crippen molar-refractivity contribution in [2.45, 2.75) is 38.8 Å². The number of halogens is 1. The molecule has 3 aromatic carbocycles. The fourth-order valence-corrected chi connectivity index (χ4v) is 5.76. The van der Waals surface area contributed by atoms with Crippen molar-refractivity contribution in [2.75, 3.05) is 30.4 Å². The van der Waals surface area contributed by atoms with E-state index in [9.17, 15) is 18.0 Å². The van der Waals surface area contributed by atoms with E-state index in [0.29, 0.717) is 35.2 Å². The highest BCUT2D eigenvalue weighted by Gasteiger charge is 2.30. The van der Waals surface area contributed by atoms with Crippen LogP contribution in [-0.4, -0.2) is 57.3 Å². The molecule has 218 valence electrons. The maximum Gasteiger partial charge on any atom is 0.243 e. The van der Waals surface area contributed by atoms with E-state index in [-0.39, 0.29) is 44.5 Å². The van der Waals surface area contributed by atoms with Crippen LogP contribution >= 0.6 is 11.6 Å². The Morgan fingerprint density at radius 3 is 2.37 bits per heavy atom. The Hall–Kier alpha value is -3.76. The molecule has 1 heterocycles. The van der Waals surface area contributed by atoms with Crippen LogP contribution in [-0.2, 0) is 32.6 Å². The van der Waals surface area contributed by atoms with E-state index in [2.05, 4.69) is 5.32 Å². The number of hydrogen-bond donors (Lipinski definition) is 1. The van der Waals surface area contributed by atoms with E-state index < -0.39 is 16.1 Å². The summed E-state index contributed by atoms with van der Waals surface area (Å²) in [5.41, 5.74) is 2.17. The molecule has 11 heteroatoms. The lowest BCUT2D eigenvalue weighted by Crippen LogP contribution is -2.50. The van der Waals surface area contributed by atoms with Gasteiger partial charge in [-0.15, -0.1) is 0 Å². The van der Waals surface area contributed by atoms with E-state index in [4.69, 9.17) is 21.1 Å². The monoisotopic (exact) mass is 599 g/mol. The minimum atomic E-state index is -3.65. The van der Waals surface area contributed by atoms with Crippen molar-refractivity contribution in [2.24, 2.45) is 0 Å². The lowest BCUT2D eigenvalue weighted by molar-refractivity contribution is -0.141. The van der Waals surface area contributed by atoms with Gasteiger partial charge in [0.15, 0.2) is 11.5 Å². The summed E-state index contributed by atoms with van der Waals surface area (Å²) >= 11 is 6.08. The largest absolute Gasteiger partial charge is 0.454 e.